The van der Waals surface area contributed by atoms with E-state index in [0.29, 0.717) is 30.7 Å². The van der Waals surface area contributed by atoms with Gasteiger partial charge in [0.25, 0.3) is 5.91 Å². The first kappa shape index (κ1) is 21.9. The summed E-state index contributed by atoms with van der Waals surface area (Å²) in [5.74, 6) is -1.97. The molecular formula is C19H24F3N5O3S. The van der Waals surface area contributed by atoms with Crippen LogP contribution in [0.4, 0.5) is 18.9 Å². The zero-order valence-electron chi connectivity index (χ0n) is 16.9. The molecule has 0 atom stereocenters. The number of aromatic amines is 1. The van der Waals surface area contributed by atoms with Gasteiger partial charge < -0.3 is 14.8 Å². The molecular weight excluding hydrogens is 435 g/mol. The van der Waals surface area contributed by atoms with Gasteiger partial charge in [0.15, 0.2) is 5.75 Å². The number of nitrogens with zero attached hydrogens (tertiary/aromatic N) is 3. The Morgan fingerprint density at radius 3 is 2.65 bits per heavy atom. The molecule has 4 rings (SSSR count). The van der Waals surface area contributed by atoms with Crippen LogP contribution in [0.3, 0.4) is 0 Å². The Bertz CT molecular complexity index is 1080. The third-order valence-electron chi connectivity index (χ3n) is 5.99. The third-order valence-corrected chi connectivity index (χ3v) is 7.30. The Kier molecular flexibility index (Phi) is 5.63. The number of hydrogen-bond donors (Lipinski definition) is 2. The first-order chi connectivity index (χ1) is 14.5. The number of halogens is 3. The van der Waals surface area contributed by atoms with Crippen LogP contribution in [-0.4, -0.2) is 67.4 Å². The molecule has 2 N–H and O–H groups in total. The van der Waals surface area contributed by atoms with Crippen molar-refractivity contribution in [1.29, 1.82) is 0 Å². The van der Waals surface area contributed by atoms with Crippen molar-refractivity contribution in [3.8, 4) is 0 Å². The number of alkyl halides is 3. The highest BCUT2D eigenvalue weighted by Crippen LogP contribution is 2.38. The molecule has 1 saturated carbocycles. The minimum absolute atomic E-state index is 0.00604. The number of carbonyl (C=O) groups is 1. The molecule has 170 valence electrons. The van der Waals surface area contributed by atoms with E-state index in [4.69, 9.17) is 0 Å². The first-order valence-corrected chi connectivity index (χ1v) is 11.7. The van der Waals surface area contributed by atoms with E-state index in [1.54, 1.807) is 24.3 Å². The number of pyridine rings is 1. The summed E-state index contributed by atoms with van der Waals surface area (Å²) in [5.41, 5.74) is 2.10. The van der Waals surface area contributed by atoms with E-state index in [0.717, 1.165) is 23.9 Å². The third kappa shape index (κ3) is 4.64. The van der Waals surface area contributed by atoms with E-state index < -0.39 is 22.0 Å². The lowest BCUT2D eigenvalue weighted by atomic mass is 9.85. The van der Waals surface area contributed by atoms with Crippen molar-refractivity contribution < 1.29 is 26.4 Å². The van der Waals surface area contributed by atoms with Crippen LogP contribution < -0.4 is 9.62 Å². The monoisotopic (exact) mass is 459 g/mol. The Hall–Kier alpha value is -2.34. The van der Waals surface area contributed by atoms with E-state index in [-0.39, 0.29) is 24.4 Å². The van der Waals surface area contributed by atoms with Crippen molar-refractivity contribution in [3.63, 3.8) is 0 Å². The standard InChI is InChI=1S/C19H24F3N5O3S/c1-26-11-27(16-14-6-7-23-17(14)24-9-15(16)18(26)28)13-4-2-12(3-5-13)8-25-31(29,30)10-19(20,21)22/h6-7,9,12-13,25H,2-5,8,10-11H2,1H3,(H,23,24). The molecule has 12 heteroatoms. The lowest BCUT2D eigenvalue weighted by Gasteiger charge is -2.44. The number of nitrogens with one attached hydrogen (secondary N) is 2. The maximum Gasteiger partial charge on any atom is 0.404 e. The van der Waals surface area contributed by atoms with Crippen LogP contribution in [0.1, 0.15) is 36.0 Å². The van der Waals surface area contributed by atoms with Crippen LogP contribution in [0.2, 0.25) is 0 Å². The molecule has 3 heterocycles. The van der Waals surface area contributed by atoms with Crippen LogP contribution in [0.5, 0.6) is 0 Å². The highest BCUT2D eigenvalue weighted by molar-refractivity contribution is 7.89. The fraction of sp³-hybridized carbons (Fsp3) is 0.579. The number of sulfonamides is 1. The average Bonchev–Trinajstić information content (AvgIpc) is 3.16. The maximum atomic E-state index is 12.6. The zero-order chi connectivity index (χ0) is 22.4. The van der Waals surface area contributed by atoms with Crippen LogP contribution in [0, 0.1) is 5.92 Å². The molecule has 31 heavy (non-hydrogen) atoms. The topological polar surface area (TPSA) is 98.4 Å². The summed E-state index contributed by atoms with van der Waals surface area (Å²) in [6, 6.07) is 2.03. The summed E-state index contributed by atoms with van der Waals surface area (Å²) in [7, 11) is -2.65. The second-order valence-electron chi connectivity index (χ2n) is 8.27. The van der Waals surface area contributed by atoms with Gasteiger partial charge in [0.1, 0.15) is 5.65 Å². The van der Waals surface area contributed by atoms with Gasteiger partial charge in [-0.2, -0.15) is 13.2 Å². The molecule has 2 aromatic rings. The van der Waals surface area contributed by atoms with Crippen molar-refractivity contribution in [2.75, 3.05) is 30.9 Å². The second-order valence-corrected chi connectivity index (χ2v) is 10.1. The normalized spacial score (nSPS) is 22.8. The fourth-order valence-electron chi connectivity index (χ4n) is 4.50. The van der Waals surface area contributed by atoms with Crippen LogP contribution in [0.15, 0.2) is 18.5 Å². The summed E-state index contributed by atoms with van der Waals surface area (Å²) in [6.45, 7) is 0.440. The first-order valence-electron chi connectivity index (χ1n) is 10.1. The van der Waals surface area contributed by atoms with Crippen molar-refractivity contribution in [1.82, 2.24) is 19.6 Å². The van der Waals surface area contributed by atoms with Gasteiger partial charge in [-0.15, -0.1) is 0 Å². The van der Waals surface area contributed by atoms with Crippen molar-refractivity contribution in [2.45, 2.75) is 37.9 Å². The predicted octanol–water partition coefficient (Wildman–Crippen LogP) is 2.45. The smallest absolute Gasteiger partial charge is 0.349 e. The number of rotatable bonds is 5. The van der Waals surface area contributed by atoms with Gasteiger partial charge in [-0.3, -0.25) is 4.79 Å². The largest absolute Gasteiger partial charge is 0.404 e. The fourth-order valence-corrected chi connectivity index (χ4v) is 5.52. The summed E-state index contributed by atoms with van der Waals surface area (Å²) in [5, 5.41) is 0.876. The van der Waals surface area contributed by atoms with Crippen molar-refractivity contribution in [2.24, 2.45) is 5.92 Å². The number of amides is 1. The number of anilines is 1. The maximum absolute atomic E-state index is 12.6. The van der Waals surface area contributed by atoms with Crippen molar-refractivity contribution in [3.05, 3.63) is 24.0 Å². The molecule has 0 aromatic carbocycles. The van der Waals surface area contributed by atoms with E-state index in [1.807, 2.05) is 6.07 Å². The Morgan fingerprint density at radius 1 is 1.26 bits per heavy atom. The molecule has 1 aliphatic carbocycles. The second kappa shape index (κ2) is 7.97. The average molecular weight is 459 g/mol. The molecule has 0 radical (unpaired) electrons. The number of H-pyrrole nitrogens is 1. The van der Waals surface area contributed by atoms with Crippen LogP contribution >= 0.6 is 0 Å². The molecule has 1 fully saturated rings. The molecule has 0 spiro atoms. The van der Waals surface area contributed by atoms with E-state index in [1.165, 1.54) is 0 Å². The molecule has 0 bridgehead atoms. The molecule has 0 unspecified atom stereocenters. The molecule has 0 saturated heterocycles. The van der Waals surface area contributed by atoms with Gasteiger partial charge >= 0.3 is 6.18 Å². The number of aromatic nitrogens is 2. The Labute approximate surface area is 177 Å². The number of hydrogen-bond acceptors (Lipinski definition) is 5. The highest BCUT2D eigenvalue weighted by Gasteiger charge is 2.37. The van der Waals surface area contributed by atoms with E-state index >= 15 is 0 Å². The summed E-state index contributed by atoms with van der Waals surface area (Å²) in [6.07, 6.45) is 1.48. The quantitative estimate of drug-likeness (QED) is 0.716. The van der Waals surface area contributed by atoms with Gasteiger partial charge in [-0.25, -0.2) is 18.1 Å². The van der Waals surface area contributed by atoms with E-state index in [9.17, 15) is 26.4 Å². The van der Waals surface area contributed by atoms with Gasteiger partial charge in [0, 0.05) is 37.4 Å². The van der Waals surface area contributed by atoms with Gasteiger partial charge in [0.2, 0.25) is 10.0 Å². The lowest BCUT2D eigenvalue weighted by molar-refractivity contribution is -0.106. The Balaban J connectivity index is 1.44. The lowest BCUT2D eigenvalue weighted by Crippen LogP contribution is -2.50. The number of fused-ring (bicyclic) bond motifs is 3. The minimum atomic E-state index is -4.76. The minimum Gasteiger partial charge on any atom is -0.349 e. The molecule has 2 aromatic heterocycles. The van der Waals surface area contributed by atoms with Crippen molar-refractivity contribution >= 4 is 32.7 Å². The van der Waals surface area contributed by atoms with Gasteiger partial charge in [-0.1, -0.05) is 0 Å². The van der Waals surface area contributed by atoms with E-state index in [2.05, 4.69) is 19.6 Å². The van der Waals surface area contributed by atoms with Gasteiger partial charge in [0.05, 0.1) is 17.9 Å². The summed E-state index contributed by atoms with van der Waals surface area (Å²) < 4.78 is 62.5. The Morgan fingerprint density at radius 2 is 1.97 bits per heavy atom. The van der Waals surface area contributed by atoms with Crippen LogP contribution in [0.25, 0.3) is 11.0 Å². The molecule has 2 aliphatic rings. The molecule has 1 aliphatic heterocycles. The zero-order valence-corrected chi connectivity index (χ0v) is 17.8. The summed E-state index contributed by atoms with van der Waals surface area (Å²) >= 11 is 0. The van der Waals surface area contributed by atoms with Crippen LogP contribution in [-0.2, 0) is 10.0 Å². The molecule has 8 nitrogen and oxygen atoms in total. The predicted molar refractivity (Wildman–Crippen MR) is 109 cm³/mol. The van der Waals surface area contributed by atoms with Gasteiger partial charge in [-0.05, 0) is 37.7 Å². The highest BCUT2D eigenvalue weighted by atomic mass is 32.2. The SMILES string of the molecule is CN1CN(C2CCC(CNS(=O)(=O)CC(F)(F)F)CC2)c2c(cnc3[nH]ccc23)C1=O. The summed E-state index contributed by atoms with van der Waals surface area (Å²) in [4.78, 5) is 23.9. The molecule has 1 amide bonds. The number of carbonyl (C=O) groups excluding carboxylic acids is 1.